The van der Waals surface area contributed by atoms with Gasteiger partial charge in [0.25, 0.3) is 0 Å². The normalized spacial score (nSPS) is 11.1. The lowest BCUT2D eigenvalue weighted by molar-refractivity contribution is -0.137. The predicted octanol–water partition coefficient (Wildman–Crippen LogP) is 2.16. The molecule has 0 saturated carbocycles. The first kappa shape index (κ1) is 15.2. The van der Waals surface area contributed by atoms with Crippen molar-refractivity contribution in [3.05, 3.63) is 41.5 Å². The highest BCUT2D eigenvalue weighted by molar-refractivity contribution is 6.02. The highest BCUT2D eigenvalue weighted by Gasteiger charge is 2.33. The summed E-state index contributed by atoms with van der Waals surface area (Å²) < 4.78 is 38.0. The molecule has 0 heterocycles. The van der Waals surface area contributed by atoms with Gasteiger partial charge in [0.2, 0.25) is 5.91 Å². The molecule has 1 rings (SSSR count). The zero-order valence-electron chi connectivity index (χ0n) is 9.73. The van der Waals surface area contributed by atoms with Crippen LogP contribution in [0.1, 0.15) is 11.1 Å². The van der Waals surface area contributed by atoms with Gasteiger partial charge in [0.1, 0.15) is 0 Å². The predicted molar refractivity (Wildman–Crippen MR) is 61.6 cm³/mol. The molecule has 5 nitrogen and oxygen atoms in total. The molecule has 0 atom stereocenters. The fourth-order valence-corrected chi connectivity index (χ4v) is 1.28. The SMILES string of the molecule is N#Cc1ccc(NC(=O)/C=C/C(=O)O)cc1C(F)(F)F. The largest absolute Gasteiger partial charge is 0.478 e. The monoisotopic (exact) mass is 284 g/mol. The molecule has 0 aliphatic rings. The maximum atomic E-state index is 12.7. The summed E-state index contributed by atoms with van der Waals surface area (Å²) in [5.74, 6) is -2.26. The van der Waals surface area contributed by atoms with E-state index in [1.54, 1.807) is 0 Å². The van der Waals surface area contributed by atoms with E-state index in [0.717, 1.165) is 12.1 Å². The van der Waals surface area contributed by atoms with E-state index in [-0.39, 0.29) is 5.69 Å². The average molecular weight is 284 g/mol. The Labute approximate surface area is 110 Å². The van der Waals surface area contributed by atoms with Gasteiger partial charge < -0.3 is 10.4 Å². The lowest BCUT2D eigenvalue weighted by atomic mass is 10.1. The molecule has 0 spiro atoms. The summed E-state index contributed by atoms with van der Waals surface area (Å²) in [6, 6.07) is 4.03. The molecule has 1 aromatic rings. The fraction of sp³-hybridized carbons (Fsp3) is 0.0833. The van der Waals surface area contributed by atoms with Crippen LogP contribution in [0.4, 0.5) is 18.9 Å². The molecule has 8 heteroatoms. The standard InChI is InChI=1S/C12H7F3N2O3/c13-12(14,15)9-5-8(2-1-7(9)6-16)17-10(18)3-4-11(19)20/h1-5H,(H,17,18)(H,19,20)/b4-3+. The van der Waals surface area contributed by atoms with Gasteiger partial charge in [0.15, 0.2) is 0 Å². The molecular formula is C12H7F3N2O3. The second-order valence-corrected chi connectivity index (χ2v) is 3.53. The van der Waals surface area contributed by atoms with E-state index >= 15 is 0 Å². The van der Waals surface area contributed by atoms with Crippen LogP contribution in [0.2, 0.25) is 0 Å². The Morgan fingerprint density at radius 2 is 1.95 bits per heavy atom. The van der Waals surface area contributed by atoms with Crippen molar-refractivity contribution in [3.8, 4) is 6.07 Å². The van der Waals surface area contributed by atoms with Gasteiger partial charge in [-0.1, -0.05) is 0 Å². The van der Waals surface area contributed by atoms with E-state index in [1.165, 1.54) is 6.07 Å². The average Bonchev–Trinajstić information content (AvgIpc) is 2.35. The number of hydrogen-bond donors (Lipinski definition) is 2. The molecule has 0 aliphatic carbocycles. The molecule has 104 valence electrons. The van der Waals surface area contributed by atoms with Crippen molar-refractivity contribution >= 4 is 17.6 Å². The summed E-state index contributed by atoms with van der Waals surface area (Å²) in [4.78, 5) is 21.4. The second kappa shape index (κ2) is 5.88. The van der Waals surface area contributed by atoms with Gasteiger partial charge in [-0.25, -0.2) is 4.79 Å². The molecule has 1 aromatic carbocycles. The highest BCUT2D eigenvalue weighted by atomic mass is 19.4. The van der Waals surface area contributed by atoms with Crippen molar-refractivity contribution in [2.24, 2.45) is 0 Å². The molecule has 20 heavy (non-hydrogen) atoms. The Morgan fingerprint density at radius 3 is 2.45 bits per heavy atom. The minimum absolute atomic E-state index is 0.198. The number of anilines is 1. The first-order valence-electron chi connectivity index (χ1n) is 5.07. The van der Waals surface area contributed by atoms with Gasteiger partial charge in [-0.15, -0.1) is 0 Å². The van der Waals surface area contributed by atoms with Crippen LogP contribution in [0.5, 0.6) is 0 Å². The first-order valence-corrected chi connectivity index (χ1v) is 5.07. The molecule has 2 N–H and O–H groups in total. The van der Waals surface area contributed by atoms with Crippen molar-refractivity contribution in [3.63, 3.8) is 0 Å². The number of rotatable bonds is 3. The lowest BCUT2D eigenvalue weighted by Crippen LogP contribution is -2.12. The van der Waals surface area contributed by atoms with Crippen molar-refractivity contribution in [1.29, 1.82) is 5.26 Å². The van der Waals surface area contributed by atoms with Crippen LogP contribution >= 0.6 is 0 Å². The number of halogens is 3. The number of carbonyl (C=O) groups is 2. The Hall–Kier alpha value is -2.82. The van der Waals surface area contributed by atoms with Gasteiger partial charge in [0.05, 0.1) is 17.2 Å². The van der Waals surface area contributed by atoms with Crippen LogP contribution in [-0.4, -0.2) is 17.0 Å². The lowest BCUT2D eigenvalue weighted by Gasteiger charge is -2.10. The second-order valence-electron chi connectivity index (χ2n) is 3.53. The topological polar surface area (TPSA) is 90.2 Å². The van der Waals surface area contributed by atoms with Crippen molar-refractivity contribution in [2.45, 2.75) is 6.18 Å². The van der Waals surface area contributed by atoms with Gasteiger partial charge in [-0.3, -0.25) is 4.79 Å². The number of benzene rings is 1. The van der Waals surface area contributed by atoms with Crippen LogP contribution in [0.3, 0.4) is 0 Å². The van der Waals surface area contributed by atoms with Crippen molar-refractivity contribution < 1.29 is 27.9 Å². The number of nitriles is 1. The highest BCUT2D eigenvalue weighted by Crippen LogP contribution is 2.33. The summed E-state index contributed by atoms with van der Waals surface area (Å²) in [6.07, 6.45) is -3.53. The van der Waals surface area contributed by atoms with Gasteiger partial charge in [-0.2, -0.15) is 18.4 Å². The Balaban J connectivity index is 3.02. The quantitative estimate of drug-likeness (QED) is 0.832. The number of nitrogens with zero attached hydrogens (tertiary/aromatic N) is 1. The molecule has 0 fully saturated rings. The van der Waals surface area contributed by atoms with E-state index in [2.05, 4.69) is 5.32 Å². The third-order valence-electron chi connectivity index (χ3n) is 2.09. The maximum absolute atomic E-state index is 12.7. The molecule has 0 radical (unpaired) electrons. The molecule has 0 unspecified atom stereocenters. The minimum atomic E-state index is -4.73. The zero-order chi connectivity index (χ0) is 15.3. The number of nitrogens with one attached hydrogen (secondary N) is 1. The maximum Gasteiger partial charge on any atom is 0.417 e. The number of carboxylic acids is 1. The van der Waals surface area contributed by atoms with Gasteiger partial charge in [0, 0.05) is 17.8 Å². The number of aliphatic carboxylic acids is 1. The fourth-order valence-electron chi connectivity index (χ4n) is 1.28. The van der Waals surface area contributed by atoms with Gasteiger partial charge >= 0.3 is 12.1 Å². The van der Waals surface area contributed by atoms with E-state index < -0.39 is 29.2 Å². The minimum Gasteiger partial charge on any atom is -0.478 e. The summed E-state index contributed by atoms with van der Waals surface area (Å²) >= 11 is 0. The molecular weight excluding hydrogens is 277 g/mol. The number of amides is 1. The van der Waals surface area contributed by atoms with Crippen LogP contribution in [0.15, 0.2) is 30.4 Å². The molecule has 0 aromatic heterocycles. The zero-order valence-corrected chi connectivity index (χ0v) is 9.73. The van der Waals surface area contributed by atoms with E-state index in [0.29, 0.717) is 18.2 Å². The number of hydrogen-bond acceptors (Lipinski definition) is 3. The number of alkyl halides is 3. The van der Waals surface area contributed by atoms with Crippen molar-refractivity contribution in [1.82, 2.24) is 0 Å². The van der Waals surface area contributed by atoms with Crippen molar-refractivity contribution in [2.75, 3.05) is 5.32 Å². The van der Waals surface area contributed by atoms with Gasteiger partial charge in [-0.05, 0) is 18.2 Å². The van der Waals surface area contributed by atoms with E-state index in [1.807, 2.05) is 0 Å². The first-order chi connectivity index (χ1) is 9.24. The third kappa shape index (κ3) is 4.13. The third-order valence-corrected chi connectivity index (χ3v) is 2.09. The molecule has 0 bridgehead atoms. The van der Waals surface area contributed by atoms with E-state index in [9.17, 15) is 22.8 Å². The summed E-state index contributed by atoms with van der Waals surface area (Å²) in [6.45, 7) is 0. The molecule has 0 aliphatic heterocycles. The van der Waals surface area contributed by atoms with Crippen LogP contribution in [0.25, 0.3) is 0 Å². The Kier molecular flexibility index (Phi) is 4.48. The summed E-state index contributed by atoms with van der Waals surface area (Å²) in [7, 11) is 0. The van der Waals surface area contributed by atoms with Crippen LogP contribution in [0, 0.1) is 11.3 Å². The Bertz CT molecular complexity index is 615. The Morgan fingerprint density at radius 1 is 1.30 bits per heavy atom. The molecule has 1 amide bonds. The number of carbonyl (C=O) groups excluding carboxylic acids is 1. The van der Waals surface area contributed by atoms with Crippen LogP contribution in [-0.2, 0) is 15.8 Å². The molecule has 0 saturated heterocycles. The number of carboxylic acid groups (broad SMARTS) is 1. The summed E-state index contributed by atoms with van der Waals surface area (Å²) in [5.41, 5.74) is -1.95. The van der Waals surface area contributed by atoms with E-state index in [4.69, 9.17) is 10.4 Å². The summed E-state index contributed by atoms with van der Waals surface area (Å²) in [5, 5.41) is 18.9. The van der Waals surface area contributed by atoms with Crippen LogP contribution < -0.4 is 5.32 Å². The smallest absolute Gasteiger partial charge is 0.417 e.